The molecule has 8 nitrogen and oxygen atoms in total. The number of nitrogens with zero attached hydrogens (tertiary/aromatic N) is 2. The van der Waals surface area contributed by atoms with Gasteiger partial charge in [0.15, 0.2) is 0 Å². The highest BCUT2D eigenvalue weighted by Gasteiger charge is 2.34. The molecule has 2 aromatic heterocycles. The van der Waals surface area contributed by atoms with Crippen molar-refractivity contribution in [2.45, 2.75) is 78.3 Å². The number of carbonyl (C=O) groups is 1. The SMILES string of the molecule is CS(=O)(=O)O.Cc1cc(C)c(CN2CCc3sc([C@H](C)C4CCC(N(C)C)CC4)c(C)c3C2=O)c(=O)[nH]1. The fourth-order valence-corrected chi connectivity index (χ4v) is 7.17. The lowest BCUT2D eigenvalue weighted by Crippen LogP contribution is -2.38. The van der Waals surface area contributed by atoms with Crippen molar-refractivity contribution in [2.75, 3.05) is 26.9 Å². The van der Waals surface area contributed by atoms with Crippen molar-refractivity contribution >= 4 is 27.4 Å². The topological polar surface area (TPSA) is 111 Å². The van der Waals surface area contributed by atoms with Gasteiger partial charge in [-0.2, -0.15) is 8.42 Å². The number of hydrogen-bond acceptors (Lipinski definition) is 6. The number of pyridine rings is 1. The number of aryl methyl sites for hydroxylation is 2. The van der Waals surface area contributed by atoms with E-state index in [0.29, 0.717) is 42.8 Å². The Labute approximate surface area is 224 Å². The third kappa shape index (κ3) is 7.31. The molecule has 2 aromatic rings. The smallest absolute Gasteiger partial charge is 0.261 e. The van der Waals surface area contributed by atoms with E-state index in [2.05, 4.69) is 37.8 Å². The minimum atomic E-state index is -3.67. The van der Waals surface area contributed by atoms with Crippen LogP contribution in [0.5, 0.6) is 0 Å². The average Bonchev–Trinajstić information content (AvgIpc) is 3.13. The van der Waals surface area contributed by atoms with Crippen LogP contribution >= 0.6 is 11.3 Å². The molecular formula is C27H41N3O5S2. The van der Waals surface area contributed by atoms with Gasteiger partial charge in [0.25, 0.3) is 21.6 Å². The van der Waals surface area contributed by atoms with E-state index in [1.54, 1.807) is 0 Å². The van der Waals surface area contributed by atoms with E-state index in [0.717, 1.165) is 23.2 Å². The summed E-state index contributed by atoms with van der Waals surface area (Å²) in [6, 6.07) is 2.69. The van der Waals surface area contributed by atoms with E-state index in [1.807, 2.05) is 36.2 Å². The summed E-state index contributed by atoms with van der Waals surface area (Å²) < 4.78 is 25.9. The molecule has 1 amide bonds. The predicted octanol–water partition coefficient (Wildman–Crippen LogP) is 4.29. The van der Waals surface area contributed by atoms with Gasteiger partial charge in [0.2, 0.25) is 0 Å². The Morgan fingerprint density at radius 1 is 1.16 bits per heavy atom. The molecule has 0 unspecified atom stereocenters. The molecule has 1 saturated carbocycles. The van der Waals surface area contributed by atoms with Crippen LogP contribution in [0.1, 0.15) is 81.0 Å². The number of aromatic nitrogens is 1. The van der Waals surface area contributed by atoms with Crippen LogP contribution < -0.4 is 5.56 Å². The zero-order valence-electron chi connectivity index (χ0n) is 23.1. The summed E-state index contributed by atoms with van der Waals surface area (Å²) in [6.45, 7) is 9.41. The van der Waals surface area contributed by atoms with E-state index < -0.39 is 10.1 Å². The largest absolute Gasteiger partial charge is 0.334 e. The molecule has 4 rings (SSSR count). The van der Waals surface area contributed by atoms with Crippen LogP contribution in [-0.4, -0.2) is 66.6 Å². The van der Waals surface area contributed by atoms with E-state index >= 15 is 0 Å². The summed E-state index contributed by atoms with van der Waals surface area (Å²) in [6.07, 6.45) is 6.66. The molecule has 0 bridgehead atoms. The Morgan fingerprint density at radius 2 is 1.76 bits per heavy atom. The van der Waals surface area contributed by atoms with Crippen LogP contribution in [0, 0.1) is 26.7 Å². The Balaban J connectivity index is 0.000000695. The van der Waals surface area contributed by atoms with Crippen LogP contribution in [0.3, 0.4) is 0 Å². The molecule has 1 aliphatic carbocycles. The van der Waals surface area contributed by atoms with Gasteiger partial charge in [-0.15, -0.1) is 11.3 Å². The lowest BCUT2D eigenvalue weighted by atomic mass is 9.77. The summed E-state index contributed by atoms with van der Waals surface area (Å²) in [5.74, 6) is 1.29. The van der Waals surface area contributed by atoms with Gasteiger partial charge >= 0.3 is 0 Å². The minimum absolute atomic E-state index is 0.0780. The first-order chi connectivity index (χ1) is 17.2. The molecule has 2 N–H and O–H groups in total. The predicted molar refractivity (Wildman–Crippen MR) is 149 cm³/mol. The minimum Gasteiger partial charge on any atom is -0.334 e. The summed E-state index contributed by atoms with van der Waals surface area (Å²) >= 11 is 1.87. The van der Waals surface area contributed by atoms with Crippen molar-refractivity contribution in [2.24, 2.45) is 5.92 Å². The van der Waals surface area contributed by atoms with Gasteiger partial charge in [-0.05, 0) is 89.6 Å². The molecule has 0 spiro atoms. The maximum Gasteiger partial charge on any atom is 0.261 e. The number of rotatable bonds is 5. The van der Waals surface area contributed by atoms with Crippen molar-refractivity contribution in [3.63, 3.8) is 0 Å². The van der Waals surface area contributed by atoms with Gasteiger partial charge in [-0.25, -0.2) is 0 Å². The van der Waals surface area contributed by atoms with Gasteiger partial charge in [-0.1, -0.05) is 6.92 Å². The molecule has 206 valence electrons. The van der Waals surface area contributed by atoms with Crippen molar-refractivity contribution in [1.82, 2.24) is 14.8 Å². The second-order valence-electron chi connectivity index (χ2n) is 10.9. The fourth-order valence-electron chi connectivity index (χ4n) is 5.73. The van der Waals surface area contributed by atoms with Crippen molar-refractivity contribution in [1.29, 1.82) is 0 Å². The molecule has 37 heavy (non-hydrogen) atoms. The molecule has 1 fully saturated rings. The van der Waals surface area contributed by atoms with Gasteiger partial charge in [0.1, 0.15) is 0 Å². The van der Waals surface area contributed by atoms with Crippen LogP contribution in [0.25, 0.3) is 0 Å². The highest BCUT2D eigenvalue weighted by atomic mass is 32.2. The highest BCUT2D eigenvalue weighted by Crippen LogP contribution is 2.43. The third-order valence-electron chi connectivity index (χ3n) is 7.80. The van der Waals surface area contributed by atoms with E-state index in [9.17, 15) is 18.0 Å². The number of aromatic amines is 1. The molecule has 3 heterocycles. The second-order valence-corrected chi connectivity index (χ2v) is 13.5. The summed E-state index contributed by atoms with van der Waals surface area (Å²) in [5, 5.41) is 0. The summed E-state index contributed by atoms with van der Waals surface area (Å²) in [4.78, 5) is 35.7. The maximum absolute atomic E-state index is 13.5. The first kappa shape index (κ1) is 29.5. The maximum atomic E-state index is 13.5. The molecule has 0 saturated heterocycles. The number of carbonyl (C=O) groups excluding carboxylic acids is 1. The lowest BCUT2D eigenvalue weighted by Gasteiger charge is -2.35. The molecular weight excluding hydrogens is 510 g/mol. The molecule has 1 aliphatic heterocycles. The van der Waals surface area contributed by atoms with Gasteiger partial charge in [0.05, 0.1) is 18.4 Å². The second kappa shape index (κ2) is 11.8. The average molecular weight is 552 g/mol. The first-order valence-corrected chi connectivity index (χ1v) is 15.5. The zero-order chi connectivity index (χ0) is 27.7. The van der Waals surface area contributed by atoms with Crippen LogP contribution in [0.2, 0.25) is 0 Å². The first-order valence-electron chi connectivity index (χ1n) is 12.9. The van der Waals surface area contributed by atoms with Gasteiger partial charge in [-0.3, -0.25) is 14.1 Å². The number of H-pyrrole nitrogens is 1. The Kier molecular flexibility index (Phi) is 9.42. The van der Waals surface area contributed by atoms with Crippen molar-refractivity contribution in [3.8, 4) is 0 Å². The number of nitrogens with one attached hydrogen (secondary N) is 1. The highest BCUT2D eigenvalue weighted by molar-refractivity contribution is 7.85. The number of amides is 1. The van der Waals surface area contributed by atoms with E-state index in [4.69, 9.17) is 4.55 Å². The molecule has 0 radical (unpaired) electrons. The van der Waals surface area contributed by atoms with Gasteiger partial charge < -0.3 is 14.8 Å². The Hall–Kier alpha value is -2.01. The monoisotopic (exact) mass is 551 g/mol. The van der Waals surface area contributed by atoms with Gasteiger partial charge in [0, 0.05) is 40.0 Å². The number of thiophene rings is 1. The summed E-state index contributed by atoms with van der Waals surface area (Å²) in [5.41, 5.74) is 4.52. The van der Waals surface area contributed by atoms with Crippen molar-refractivity contribution in [3.05, 3.63) is 54.1 Å². The molecule has 2 aliphatic rings. The standard InChI is InChI=1S/C26H37N3O2S.CH4O3S/c1-15-13-16(2)27-25(30)21(15)14-29-12-11-22-23(26(29)31)18(4)24(32-22)17(3)19-7-9-20(10-8-19)28(5)6;1-5(2,3)4/h13,17,19-20H,7-12,14H2,1-6H3,(H,27,30);1H3,(H,2,3,4)/t17-,19?,20?;/m1./s1. The third-order valence-corrected chi connectivity index (χ3v) is 9.35. The number of hydrogen-bond donors (Lipinski definition) is 2. The van der Waals surface area contributed by atoms with Crippen LogP contribution in [-0.2, 0) is 23.1 Å². The fraction of sp³-hybridized carbons (Fsp3) is 0.630. The molecule has 10 heteroatoms. The molecule has 0 aromatic carbocycles. The molecule has 1 atom stereocenters. The quantitative estimate of drug-likeness (QED) is 0.537. The van der Waals surface area contributed by atoms with Crippen molar-refractivity contribution < 1.29 is 17.8 Å². The van der Waals surface area contributed by atoms with Crippen LogP contribution in [0.4, 0.5) is 0 Å². The lowest BCUT2D eigenvalue weighted by molar-refractivity contribution is 0.0727. The Bertz CT molecular complexity index is 1280. The van der Waals surface area contributed by atoms with E-state index in [-0.39, 0.29) is 11.5 Å². The van der Waals surface area contributed by atoms with Crippen LogP contribution in [0.15, 0.2) is 10.9 Å². The summed E-state index contributed by atoms with van der Waals surface area (Å²) in [7, 11) is 0.713. The number of fused-ring (bicyclic) bond motifs is 1. The normalized spacial score (nSPS) is 20.9. The van der Waals surface area contributed by atoms with E-state index in [1.165, 1.54) is 41.0 Å². The zero-order valence-corrected chi connectivity index (χ0v) is 24.7. The Morgan fingerprint density at radius 3 is 2.30 bits per heavy atom.